The number of hydrogen-bond acceptors (Lipinski definition) is 4. The number of hydrogen-bond donors (Lipinski definition) is 1. The summed E-state index contributed by atoms with van der Waals surface area (Å²) in [5.41, 5.74) is -0.245. The highest BCUT2D eigenvalue weighted by molar-refractivity contribution is 6.06. The maximum Gasteiger partial charge on any atom is 0.434 e. The van der Waals surface area contributed by atoms with Crippen LogP contribution in [0.3, 0.4) is 0 Å². The molecule has 1 aromatic carbocycles. The van der Waals surface area contributed by atoms with E-state index in [9.17, 15) is 18.0 Å². The number of rotatable bonds is 4. The Morgan fingerprint density at radius 2 is 1.78 bits per heavy atom. The van der Waals surface area contributed by atoms with Crippen LogP contribution in [-0.4, -0.2) is 25.7 Å². The van der Waals surface area contributed by atoms with E-state index in [1.165, 1.54) is 18.5 Å². The molecule has 2 aromatic heterocycles. The Hall–Kier alpha value is -3.49. The maximum atomic E-state index is 13.6. The number of carbonyl (C=O) groups excluding carboxylic acids is 1. The number of halogens is 3. The molecule has 0 saturated heterocycles. The number of amides is 1. The highest BCUT2D eigenvalue weighted by Crippen LogP contribution is 2.33. The van der Waals surface area contributed by atoms with Crippen LogP contribution in [0.1, 0.15) is 28.5 Å². The van der Waals surface area contributed by atoms with E-state index in [1.807, 2.05) is 0 Å². The van der Waals surface area contributed by atoms with E-state index in [-0.39, 0.29) is 5.95 Å². The van der Waals surface area contributed by atoms with Crippen molar-refractivity contribution in [2.75, 3.05) is 5.32 Å². The maximum absolute atomic E-state index is 13.6. The Morgan fingerprint density at radius 3 is 2.41 bits per heavy atom. The van der Waals surface area contributed by atoms with Gasteiger partial charge in [0.05, 0.1) is 11.8 Å². The molecule has 1 N–H and O–H groups in total. The standard InChI is InChI=1S/C18H14F3N5O/c1-11(2)12-6-3-4-7-14(12)25-16(27)13-10-24-26(15(13)18(19,20)21)17-22-8-5-9-23-17/h3-10H,1H2,2H3,(H,25,27). The molecular weight excluding hydrogens is 359 g/mol. The van der Waals surface area contributed by atoms with E-state index in [0.29, 0.717) is 21.5 Å². The smallest absolute Gasteiger partial charge is 0.321 e. The molecule has 0 aliphatic rings. The number of allylic oxidation sites excluding steroid dienone is 1. The van der Waals surface area contributed by atoms with Crippen LogP contribution in [0.2, 0.25) is 0 Å². The first-order chi connectivity index (χ1) is 12.8. The van der Waals surface area contributed by atoms with Gasteiger partial charge in [0.1, 0.15) is 0 Å². The van der Waals surface area contributed by atoms with Crippen molar-refractivity contribution in [2.24, 2.45) is 0 Å². The summed E-state index contributed by atoms with van der Waals surface area (Å²) < 4.78 is 41.4. The molecule has 0 fully saturated rings. The van der Waals surface area contributed by atoms with E-state index >= 15 is 0 Å². The molecule has 27 heavy (non-hydrogen) atoms. The van der Waals surface area contributed by atoms with Crippen molar-refractivity contribution in [3.05, 3.63) is 72.3 Å². The van der Waals surface area contributed by atoms with Crippen molar-refractivity contribution in [2.45, 2.75) is 13.1 Å². The van der Waals surface area contributed by atoms with Gasteiger partial charge in [-0.25, -0.2) is 9.97 Å². The van der Waals surface area contributed by atoms with E-state index in [4.69, 9.17) is 0 Å². The lowest BCUT2D eigenvalue weighted by Crippen LogP contribution is -2.21. The minimum absolute atomic E-state index is 0.286. The van der Waals surface area contributed by atoms with Gasteiger partial charge in [0.2, 0.25) is 0 Å². The zero-order chi connectivity index (χ0) is 19.6. The number of para-hydroxylation sites is 1. The Kier molecular flexibility index (Phi) is 4.76. The lowest BCUT2D eigenvalue weighted by atomic mass is 10.1. The Morgan fingerprint density at radius 1 is 1.11 bits per heavy atom. The normalized spacial score (nSPS) is 11.3. The van der Waals surface area contributed by atoms with Crippen LogP contribution in [-0.2, 0) is 6.18 Å². The van der Waals surface area contributed by atoms with Crippen molar-refractivity contribution in [3.8, 4) is 5.95 Å². The second-order valence-corrected chi connectivity index (χ2v) is 5.65. The predicted octanol–water partition coefficient (Wildman–Crippen LogP) is 3.97. The fraction of sp³-hybridized carbons (Fsp3) is 0.111. The predicted molar refractivity (Wildman–Crippen MR) is 93.3 cm³/mol. The molecule has 138 valence electrons. The summed E-state index contributed by atoms with van der Waals surface area (Å²) >= 11 is 0. The van der Waals surface area contributed by atoms with Gasteiger partial charge in [-0.3, -0.25) is 4.79 Å². The minimum Gasteiger partial charge on any atom is -0.321 e. The first-order valence-electron chi connectivity index (χ1n) is 7.78. The van der Waals surface area contributed by atoms with Gasteiger partial charge >= 0.3 is 6.18 Å². The third kappa shape index (κ3) is 3.71. The third-order valence-electron chi connectivity index (χ3n) is 3.66. The Labute approximate surface area is 152 Å². The molecule has 0 unspecified atom stereocenters. The molecule has 3 aromatic rings. The largest absolute Gasteiger partial charge is 0.434 e. The first-order valence-corrected chi connectivity index (χ1v) is 7.78. The summed E-state index contributed by atoms with van der Waals surface area (Å²) in [5.74, 6) is -1.23. The second kappa shape index (κ2) is 7.02. The summed E-state index contributed by atoms with van der Waals surface area (Å²) in [6.07, 6.45) is -1.42. The zero-order valence-corrected chi connectivity index (χ0v) is 14.2. The monoisotopic (exact) mass is 373 g/mol. The van der Waals surface area contributed by atoms with E-state index < -0.39 is 23.3 Å². The molecule has 0 spiro atoms. The average molecular weight is 373 g/mol. The quantitative estimate of drug-likeness (QED) is 0.751. The highest BCUT2D eigenvalue weighted by atomic mass is 19.4. The topological polar surface area (TPSA) is 72.7 Å². The summed E-state index contributed by atoms with van der Waals surface area (Å²) in [5, 5.41) is 6.16. The van der Waals surface area contributed by atoms with Crippen LogP contribution in [0.4, 0.5) is 18.9 Å². The summed E-state index contributed by atoms with van der Waals surface area (Å²) in [7, 11) is 0. The van der Waals surface area contributed by atoms with Gasteiger partial charge in [0.25, 0.3) is 11.9 Å². The van der Waals surface area contributed by atoms with Crippen LogP contribution < -0.4 is 5.32 Å². The highest BCUT2D eigenvalue weighted by Gasteiger charge is 2.41. The number of benzene rings is 1. The van der Waals surface area contributed by atoms with Crippen LogP contribution in [0.5, 0.6) is 0 Å². The van der Waals surface area contributed by atoms with Gasteiger partial charge in [0, 0.05) is 23.6 Å². The number of carbonyl (C=O) groups is 1. The van der Waals surface area contributed by atoms with Crippen LogP contribution >= 0.6 is 0 Å². The number of nitrogens with one attached hydrogen (secondary N) is 1. The minimum atomic E-state index is -4.84. The van der Waals surface area contributed by atoms with Crippen molar-refractivity contribution >= 4 is 17.2 Å². The van der Waals surface area contributed by atoms with Crippen molar-refractivity contribution < 1.29 is 18.0 Å². The molecule has 9 heteroatoms. The van der Waals surface area contributed by atoms with Gasteiger partial charge in [-0.15, -0.1) is 0 Å². The number of aromatic nitrogens is 4. The van der Waals surface area contributed by atoms with Crippen LogP contribution in [0.15, 0.2) is 55.5 Å². The third-order valence-corrected chi connectivity index (χ3v) is 3.66. The van der Waals surface area contributed by atoms with Crippen LogP contribution in [0, 0.1) is 0 Å². The van der Waals surface area contributed by atoms with Gasteiger partial charge in [-0.1, -0.05) is 24.8 Å². The second-order valence-electron chi connectivity index (χ2n) is 5.65. The molecule has 0 radical (unpaired) electrons. The number of nitrogens with zero attached hydrogens (tertiary/aromatic N) is 4. The van der Waals surface area contributed by atoms with Gasteiger partial charge < -0.3 is 5.32 Å². The van der Waals surface area contributed by atoms with Crippen molar-refractivity contribution in [3.63, 3.8) is 0 Å². The van der Waals surface area contributed by atoms with E-state index in [0.717, 1.165) is 6.20 Å². The SMILES string of the molecule is C=C(C)c1ccccc1NC(=O)c1cnn(-c2ncccn2)c1C(F)(F)F. The summed E-state index contributed by atoms with van der Waals surface area (Å²) in [6.45, 7) is 5.54. The molecule has 6 nitrogen and oxygen atoms in total. The molecular formula is C18H14F3N5O. The molecule has 3 rings (SSSR count). The average Bonchev–Trinajstić information content (AvgIpc) is 3.08. The Bertz CT molecular complexity index is 996. The molecule has 0 aliphatic carbocycles. The molecule has 1 amide bonds. The van der Waals surface area contributed by atoms with Gasteiger partial charge in [-0.2, -0.15) is 23.0 Å². The van der Waals surface area contributed by atoms with Crippen molar-refractivity contribution in [1.82, 2.24) is 19.7 Å². The summed E-state index contributed by atoms with van der Waals surface area (Å²) in [4.78, 5) is 20.1. The van der Waals surface area contributed by atoms with Crippen molar-refractivity contribution in [1.29, 1.82) is 0 Å². The first kappa shape index (κ1) is 18.3. The lowest BCUT2D eigenvalue weighted by molar-refractivity contribution is -0.143. The fourth-order valence-corrected chi connectivity index (χ4v) is 2.49. The molecule has 0 atom stereocenters. The lowest BCUT2D eigenvalue weighted by Gasteiger charge is -2.13. The molecule has 0 aliphatic heterocycles. The zero-order valence-electron chi connectivity index (χ0n) is 14.2. The van der Waals surface area contributed by atoms with Gasteiger partial charge in [0.15, 0.2) is 5.69 Å². The van der Waals surface area contributed by atoms with E-state index in [2.05, 4.69) is 27.0 Å². The number of alkyl halides is 3. The fourth-order valence-electron chi connectivity index (χ4n) is 2.49. The molecule has 2 heterocycles. The molecule has 0 saturated carbocycles. The summed E-state index contributed by atoms with van der Waals surface area (Å²) in [6, 6.07) is 8.16. The molecule has 0 bridgehead atoms. The van der Waals surface area contributed by atoms with Gasteiger partial charge in [-0.05, 0) is 24.6 Å². The van der Waals surface area contributed by atoms with E-state index in [1.54, 1.807) is 31.2 Å². The number of anilines is 1. The van der Waals surface area contributed by atoms with Crippen LogP contribution in [0.25, 0.3) is 11.5 Å². The Balaban J connectivity index is 2.04.